The van der Waals surface area contributed by atoms with Gasteiger partial charge in [-0.15, -0.1) is 0 Å². The monoisotopic (exact) mass is 367 g/mol. The fourth-order valence-corrected chi connectivity index (χ4v) is 3.13. The molecule has 0 aromatic heterocycles. The van der Waals surface area contributed by atoms with E-state index in [9.17, 15) is 9.59 Å². The lowest BCUT2D eigenvalue weighted by atomic mass is 10.1. The van der Waals surface area contributed by atoms with Crippen LogP contribution in [0.4, 0.5) is 5.69 Å². The van der Waals surface area contributed by atoms with Gasteiger partial charge in [0.2, 0.25) is 0 Å². The van der Waals surface area contributed by atoms with E-state index in [-0.39, 0.29) is 12.3 Å². The number of amides is 1. The molecule has 3 rings (SSSR count). The summed E-state index contributed by atoms with van der Waals surface area (Å²) in [6.45, 7) is 2.01. The van der Waals surface area contributed by atoms with Crippen LogP contribution in [0, 0.1) is 0 Å². The van der Waals surface area contributed by atoms with Crippen molar-refractivity contribution < 1.29 is 19.1 Å². The predicted molar refractivity (Wildman–Crippen MR) is 104 cm³/mol. The number of nitrogens with one attached hydrogen (secondary N) is 1. The van der Waals surface area contributed by atoms with Gasteiger partial charge in [0.05, 0.1) is 6.61 Å². The van der Waals surface area contributed by atoms with Crippen LogP contribution in [-0.4, -0.2) is 24.6 Å². The molecule has 1 amide bonds. The van der Waals surface area contributed by atoms with Crippen LogP contribution in [0.3, 0.4) is 0 Å². The van der Waals surface area contributed by atoms with E-state index in [0.29, 0.717) is 13.0 Å². The Balaban J connectivity index is 1.38. The molecule has 0 radical (unpaired) electrons. The van der Waals surface area contributed by atoms with Gasteiger partial charge in [-0.3, -0.25) is 9.59 Å². The zero-order valence-electron chi connectivity index (χ0n) is 15.6. The Bertz CT molecular complexity index is 788. The predicted octanol–water partition coefficient (Wildman–Crippen LogP) is 3.90. The molecule has 142 valence electrons. The first-order valence-electron chi connectivity index (χ1n) is 9.42. The Kier molecular flexibility index (Phi) is 6.47. The number of fused-ring (bicyclic) bond motifs is 1. The molecule has 2 aromatic carbocycles. The largest absolute Gasteiger partial charge is 0.494 e. The van der Waals surface area contributed by atoms with Crippen LogP contribution in [-0.2, 0) is 27.2 Å². The maximum atomic E-state index is 12.3. The van der Waals surface area contributed by atoms with Crippen LogP contribution >= 0.6 is 0 Å². The summed E-state index contributed by atoms with van der Waals surface area (Å²) in [6.07, 6.45) is 3.23. The van der Waals surface area contributed by atoms with Crippen molar-refractivity contribution in [2.24, 2.45) is 0 Å². The second-order valence-electron chi connectivity index (χ2n) is 6.72. The van der Waals surface area contributed by atoms with Crippen LogP contribution in [0.5, 0.6) is 5.75 Å². The molecule has 0 saturated heterocycles. The number of rotatable bonds is 8. The van der Waals surface area contributed by atoms with E-state index in [0.717, 1.165) is 30.7 Å². The molecule has 0 aliphatic heterocycles. The fourth-order valence-electron chi connectivity index (χ4n) is 3.13. The van der Waals surface area contributed by atoms with Gasteiger partial charge in [-0.2, -0.15) is 0 Å². The number of aryl methyl sites for hydroxylation is 2. The van der Waals surface area contributed by atoms with Crippen molar-refractivity contribution in [1.29, 1.82) is 0 Å². The molecule has 27 heavy (non-hydrogen) atoms. The number of benzene rings is 2. The summed E-state index contributed by atoms with van der Waals surface area (Å²) in [5.74, 6) is 0.0538. The van der Waals surface area contributed by atoms with E-state index in [1.54, 1.807) is 6.92 Å². The van der Waals surface area contributed by atoms with Crippen molar-refractivity contribution in [3.63, 3.8) is 0 Å². The van der Waals surface area contributed by atoms with Crippen LogP contribution in [0.2, 0.25) is 0 Å². The third-order valence-electron chi connectivity index (χ3n) is 4.58. The minimum atomic E-state index is -0.833. The van der Waals surface area contributed by atoms with Gasteiger partial charge in [-0.1, -0.05) is 24.3 Å². The molecule has 0 fully saturated rings. The van der Waals surface area contributed by atoms with Crippen molar-refractivity contribution in [2.75, 3.05) is 11.9 Å². The zero-order valence-corrected chi connectivity index (χ0v) is 15.6. The highest BCUT2D eigenvalue weighted by Crippen LogP contribution is 2.25. The Labute approximate surface area is 159 Å². The SMILES string of the molecule is C[C@H](OC(=O)CCCOc1ccccc1)C(=O)Nc1ccc2c(c1)CCC2. The molecule has 5 nitrogen and oxygen atoms in total. The van der Waals surface area contributed by atoms with Crippen molar-refractivity contribution in [3.8, 4) is 5.75 Å². The van der Waals surface area contributed by atoms with E-state index in [4.69, 9.17) is 9.47 Å². The van der Waals surface area contributed by atoms with Crippen molar-refractivity contribution in [2.45, 2.75) is 45.1 Å². The maximum Gasteiger partial charge on any atom is 0.306 e. The molecule has 0 unspecified atom stereocenters. The molecule has 1 atom stereocenters. The third-order valence-corrected chi connectivity index (χ3v) is 4.58. The van der Waals surface area contributed by atoms with Crippen LogP contribution in [0.15, 0.2) is 48.5 Å². The summed E-state index contributed by atoms with van der Waals surface area (Å²) in [5.41, 5.74) is 3.39. The van der Waals surface area contributed by atoms with E-state index >= 15 is 0 Å². The molecule has 0 saturated carbocycles. The number of esters is 1. The van der Waals surface area contributed by atoms with Gasteiger partial charge in [0, 0.05) is 12.1 Å². The lowest BCUT2D eigenvalue weighted by Crippen LogP contribution is -2.30. The van der Waals surface area contributed by atoms with Crippen LogP contribution in [0.25, 0.3) is 0 Å². The molecule has 0 heterocycles. The second-order valence-corrected chi connectivity index (χ2v) is 6.72. The number of hydrogen-bond acceptors (Lipinski definition) is 4. The number of para-hydroxylation sites is 1. The highest BCUT2D eigenvalue weighted by atomic mass is 16.5. The smallest absolute Gasteiger partial charge is 0.306 e. The third kappa shape index (κ3) is 5.58. The first-order chi connectivity index (χ1) is 13.1. The Morgan fingerprint density at radius 1 is 1.07 bits per heavy atom. The minimum Gasteiger partial charge on any atom is -0.494 e. The Hall–Kier alpha value is -2.82. The van der Waals surface area contributed by atoms with E-state index < -0.39 is 12.1 Å². The summed E-state index contributed by atoms with van der Waals surface area (Å²) >= 11 is 0. The fraction of sp³-hybridized carbons (Fsp3) is 0.364. The average molecular weight is 367 g/mol. The van der Waals surface area contributed by atoms with Gasteiger partial charge < -0.3 is 14.8 Å². The number of hydrogen-bond donors (Lipinski definition) is 1. The number of anilines is 1. The second kappa shape index (κ2) is 9.21. The summed E-state index contributed by atoms with van der Waals surface area (Å²) in [7, 11) is 0. The Morgan fingerprint density at radius 2 is 1.85 bits per heavy atom. The van der Waals surface area contributed by atoms with Crippen LogP contribution in [0.1, 0.15) is 37.3 Å². The standard InChI is InChI=1S/C22H25NO4/c1-16(22(25)23-19-13-12-17-7-5-8-18(17)15-19)27-21(24)11-6-14-26-20-9-3-2-4-10-20/h2-4,9-10,12-13,15-16H,5-8,11,14H2,1H3,(H,23,25)/t16-/m0/s1. The topological polar surface area (TPSA) is 64.6 Å². The average Bonchev–Trinajstić information content (AvgIpc) is 3.14. The van der Waals surface area contributed by atoms with Crippen molar-refractivity contribution in [1.82, 2.24) is 0 Å². The zero-order chi connectivity index (χ0) is 19.1. The highest BCUT2D eigenvalue weighted by Gasteiger charge is 2.19. The van der Waals surface area contributed by atoms with E-state index in [2.05, 4.69) is 11.4 Å². The van der Waals surface area contributed by atoms with Gasteiger partial charge >= 0.3 is 5.97 Å². The lowest BCUT2D eigenvalue weighted by Gasteiger charge is -2.14. The number of carbonyl (C=O) groups is 2. The van der Waals surface area contributed by atoms with Gasteiger partial charge in [0.1, 0.15) is 5.75 Å². The van der Waals surface area contributed by atoms with Gasteiger partial charge in [0.25, 0.3) is 5.91 Å². The van der Waals surface area contributed by atoms with E-state index in [1.165, 1.54) is 11.1 Å². The summed E-state index contributed by atoms with van der Waals surface area (Å²) in [5, 5.41) is 2.82. The highest BCUT2D eigenvalue weighted by molar-refractivity contribution is 5.95. The van der Waals surface area contributed by atoms with Crippen molar-refractivity contribution >= 4 is 17.6 Å². The van der Waals surface area contributed by atoms with Crippen LogP contribution < -0.4 is 10.1 Å². The molecule has 0 spiro atoms. The number of ether oxygens (including phenoxy) is 2. The molecule has 1 N–H and O–H groups in total. The maximum absolute atomic E-state index is 12.3. The van der Waals surface area contributed by atoms with Gasteiger partial charge in [-0.05, 0) is 68.0 Å². The summed E-state index contributed by atoms with van der Waals surface area (Å²) < 4.78 is 10.8. The first kappa shape index (κ1) is 19.0. The molecular weight excluding hydrogens is 342 g/mol. The minimum absolute atomic E-state index is 0.212. The molecule has 1 aliphatic rings. The lowest BCUT2D eigenvalue weighted by molar-refractivity contribution is -0.153. The quantitative estimate of drug-likeness (QED) is 0.568. The van der Waals surface area contributed by atoms with Crippen molar-refractivity contribution in [3.05, 3.63) is 59.7 Å². The normalized spacial score (nSPS) is 13.5. The van der Waals surface area contributed by atoms with Gasteiger partial charge in [0.15, 0.2) is 6.10 Å². The first-order valence-corrected chi connectivity index (χ1v) is 9.42. The molecule has 5 heteroatoms. The van der Waals surface area contributed by atoms with E-state index in [1.807, 2.05) is 42.5 Å². The molecular formula is C22H25NO4. The summed E-state index contributed by atoms with van der Waals surface area (Å²) in [4.78, 5) is 24.2. The number of carbonyl (C=O) groups excluding carboxylic acids is 2. The molecule has 2 aromatic rings. The molecule has 0 bridgehead atoms. The summed E-state index contributed by atoms with van der Waals surface area (Å²) in [6, 6.07) is 15.4. The molecule has 1 aliphatic carbocycles. The Morgan fingerprint density at radius 3 is 2.67 bits per heavy atom. The van der Waals surface area contributed by atoms with Gasteiger partial charge in [-0.25, -0.2) is 0 Å².